The number of nitrogens with one attached hydrogen (secondary N) is 1. The smallest absolute Gasteiger partial charge is 0.406 e. The van der Waals surface area contributed by atoms with Crippen molar-refractivity contribution in [2.45, 2.75) is 50.6 Å². The average molecular weight is 400 g/mol. The number of aliphatic hydroxyl groups excluding tert-OH is 1. The Hall–Kier alpha value is -2.29. The predicted octanol–water partition coefficient (Wildman–Crippen LogP) is 2.53. The van der Waals surface area contributed by atoms with Crippen LogP contribution < -0.4 is 10.1 Å². The maximum Gasteiger partial charge on any atom is 0.573 e. The Morgan fingerprint density at radius 3 is 2.50 bits per heavy atom. The standard InChI is InChI=1S/C19H23F3N2O4/c20-19(21,22)28-15-7-5-12(6-8-15)16(25)10-23-18(27)13-9-17(26)24(11-13)14-3-1-2-4-14/h5-8,13-14,16,25H,1-4,9-11H2,(H,23,27). The number of amides is 2. The summed E-state index contributed by atoms with van der Waals surface area (Å²) in [5.41, 5.74) is 0.352. The number of carbonyl (C=O) groups excluding carboxylic acids is 2. The van der Waals surface area contributed by atoms with Crippen LogP contribution in [0.15, 0.2) is 24.3 Å². The minimum atomic E-state index is -4.78. The first kappa shape index (κ1) is 20.4. The number of alkyl halides is 3. The number of aliphatic hydroxyl groups is 1. The maximum absolute atomic E-state index is 12.4. The van der Waals surface area contributed by atoms with Crippen LogP contribution in [0.2, 0.25) is 0 Å². The van der Waals surface area contributed by atoms with Gasteiger partial charge in [0.1, 0.15) is 5.75 Å². The molecule has 6 nitrogen and oxygen atoms in total. The Bertz CT molecular complexity index is 702. The highest BCUT2D eigenvalue weighted by molar-refractivity contribution is 5.89. The van der Waals surface area contributed by atoms with Crippen molar-refractivity contribution in [2.24, 2.45) is 5.92 Å². The van der Waals surface area contributed by atoms with Crippen molar-refractivity contribution in [2.75, 3.05) is 13.1 Å². The number of ether oxygens (including phenoxy) is 1. The molecule has 1 aliphatic carbocycles. The third-order valence-electron chi connectivity index (χ3n) is 5.26. The molecule has 1 saturated carbocycles. The van der Waals surface area contributed by atoms with Crippen LogP contribution in [-0.2, 0) is 9.59 Å². The van der Waals surface area contributed by atoms with Crippen LogP contribution in [0.4, 0.5) is 13.2 Å². The molecule has 2 amide bonds. The number of hydrogen-bond donors (Lipinski definition) is 2. The van der Waals surface area contributed by atoms with E-state index in [2.05, 4.69) is 10.1 Å². The second-order valence-corrected chi connectivity index (χ2v) is 7.26. The van der Waals surface area contributed by atoms with E-state index in [9.17, 15) is 27.9 Å². The van der Waals surface area contributed by atoms with Gasteiger partial charge in [-0.25, -0.2) is 0 Å². The van der Waals surface area contributed by atoms with Crippen LogP contribution in [0.1, 0.15) is 43.8 Å². The lowest BCUT2D eigenvalue weighted by atomic mass is 10.1. The van der Waals surface area contributed by atoms with Gasteiger partial charge in [-0.15, -0.1) is 13.2 Å². The number of carbonyl (C=O) groups is 2. The van der Waals surface area contributed by atoms with Gasteiger partial charge in [0.15, 0.2) is 0 Å². The first-order valence-corrected chi connectivity index (χ1v) is 9.34. The van der Waals surface area contributed by atoms with E-state index in [0.717, 1.165) is 37.8 Å². The fourth-order valence-electron chi connectivity index (χ4n) is 3.83. The van der Waals surface area contributed by atoms with Crippen LogP contribution >= 0.6 is 0 Å². The Labute approximate surface area is 160 Å². The lowest BCUT2D eigenvalue weighted by Gasteiger charge is -2.24. The van der Waals surface area contributed by atoms with Gasteiger partial charge in [-0.2, -0.15) is 0 Å². The van der Waals surface area contributed by atoms with Gasteiger partial charge in [-0.05, 0) is 30.5 Å². The number of hydrogen-bond acceptors (Lipinski definition) is 4. The van der Waals surface area contributed by atoms with Crippen LogP contribution in [0.3, 0.4) is 0 Å². The predicted molar refractivity (Wildman–Crippen MR) is 93.2 cm³/mol. The van der Waals surface area contributed by atoms with E-state index in [1.807, 2.05) is 0 Å². The Morgan fingerprint density at radius 1 is 1.25 bits per heavy atom. The summed E-state index contributed by atoms with van der Waals surface area (Å²) in [6.45, 7) is 0.307. The number of halogens is 3. The molecular formula is C19H23F3N2O4. The molecule has 28 heavy (non-hydrogen) atoms. The second kappa shape index (κ2) is 8.38. The number of rotatable bonds is 6. The van der Waals surface area contributed by atoms with Gasteiger partial charge in [0.2, 0.25) is 11.8 Å². The van der Waals surface area contributed by atoms with Crippen molar-refractivity contribution < 1.29 is 32.6 Å². The largest absolute Gasteiger partial charge is 0.573 e. The van der Waals surface area contributed by atoms with Crippen molar-refractivity contribution in [3.05, 3.63) is 29.8 Å². The molecule has 0 spiro atoms. The van der Waals surface area contributed by atoms with E-state index in [0.29, 0.717) is 12.1 Å². The molecule has 2 unspecified atom stereocenters. The highest BCUT2D eigenvalue weighted by atomic mass is 19.4. The quantitative estimate of drug-likeness (QED) is 0.769. The maximum atomic E-state index is 12.4. The monoisotopic (exact) mass is 400 g/mol. The van der Waals surface area contributed by atoms with E-state index in [-0.39, 0.29) is 36.6 Å². The molecular weight excluding hydrogens is 377 g/mol. The molecule has 2 fully saturated rings. The Morgan fingerprint density at radius 2 is 1.89 bits per heavy atom. The molecule has 0 aromatic heterocycles. The molecule has 0 radical (unpaired) electrons. The number of likely N-dealkylation sites (tertiary alicyclic amines) is 1. The van der Waals surface area contributed by atoms with E-state index in [1.165, 1.54) is 12.1 Å². The van der Waals surface area contributed by atoms with Gasteiger partial charge in [0.25, 0.3) is 0 Å². The van der Waals surface area contributed by atoms with Gasteiger partial charge in [-0.1, -0.05) is 25.0 Å². The average Bonchev–Trinajstić information content (AvgIpc) is 3.28. The van der Waals surface area contributed by atoms with Gasteiger partial charge in [-0.3, -0.25) is 9.59 Å². The minimum Gasteiger partial charge on any atom is -0.406 e. The summed E-state index contributed by atoms with van der Waals surface area (Å²) >= 11 is 0. The molecule has 1 aliphatic heterocycles. The van der Waals surface area contributed by atoms with E-state index in [4.69, 9.17) is 0 Å². The Balaban J connectivity index is 1.48. The molecule has 0 bridgehead atoms. The van der Waals surface area contributed by atoms with Crippen LogP contribution in [0, 0.1) is 5.92 Å². The summed E-state index contributed by atoms with van der Waals surface area (Å²) in [6.07, 6.45) is -1.53. The van der Waals surface area contributed by atoms with Crippen molar-refractivity contribution in [1.29, 1.82) is 0 Å². The van der Waals surface area contributed by atoms with Crippen molar-refractivity contribution in [3.63, 3.8) is 0 Å². The van der Waals surface area contributed by atoms with Crippen molar-refractivity contribution in [3.8, 4) is 5.75 Å². The van der Waals surface area contributed by atoms with Gasteiger partial charge in [0, 0.05) is 25.6 Å². The SMILES string of the molecule is O=C(NCC(O)c1ccc(OC(F)(F)F)cc1)C1CC(=O)N(C2CCCC2)C1. The third kappa shape index (κ3) is 5.15. The van der Waals surface area contributed by atoms with E-state index >= 15 is 0 Å². The number of benzene rings is 1. The normalized spacial score (nSPS) is 21.8. The first-order valence-electron chi connectivity index (χ1n) is 9.34. The molecule has 9 heteroatoms. The minimum absolute atomic E-state index is 0.00662. The molecule has 2 aliphatic rings. The molecule has 1 heterocycles. The Kier molecular flexibility index (Phi) is 6.12. The third-order valence-corrected chi connectivity index (χ3v) is 5.26. The lowest BCUT2D eigenvalue weighted by molar-refractivity contribution is -0.274. The molecule has 1 aromatic rings. The van der Waals surface area contributed by atoms with Crippen LogP contribution in [0.25, 0.3) is 0 Å². The van der Waals surface area contributed by atoms with Gasteiger partial charge in [0.05, 0.1) is 12.0 Å². The highest BCUT2D eigenvalue weighted by Gasteiger charge is 2.38. The molecule has 1 aromatic carbocycles. The summed E-state index contributed by atoms with van der Waals surface area (Å²) in [4.78, 5) is 26.3. The zero-order valence-electron chi connectivity index (χ0n) is 15.2. The zero-order chi connectivity index (χ0) is 20.3. The van der Waals surface area contributed by atoms with Gasteiger partial charge < -0.3 is 20.1 Å². The van der Waals surface area contributed by atoms with E-state index in [1.54, 1.807) is 4.90 Å². The van der Waals surface area contributed by atoms with Crippen molar-refractivity contribution in [1.82, 2.24) is 10.2 Å². The first-order chi connectivity index (χ1) is 13.2. The van der Waals surface area contributed by atoms with Crippen LogP contribution in [-0.4, -0.2) is 47.3 Å². The fraction of sp³-hybridized carbons (Fsp3) is 0.579. The molecule has 154 valence electrons. The molecule has 2 atom stereocenters. The summed E-state index contributed by atoms with van der Waals surface area (Å²) < 4.78 is 40.3. The molecule has 3 rings (SSSR count). The summed E-state index contributed by atoms with van der Waals surface area (Å²) in [6, 6.07) is 5.04. The summed E-state index contributed by atoms with van der Waals surface area (Å²) in [5.74, 6) is -1.13. The van der Waals surface area contributed by atoms with Gasteiger partial charge >= 0.3 is 6.36 Å². The van der Waals surface area contributed by atoms with Crippen molar-refractivity contribution >= 4 is 11.8 Å². The van der Waals surface area contributed by atoms with Crippen LogP contribution in [0.5, 0.6) is 5.75 Å². The summed E-state index contributed by atoms with van der Waals surface area (Å²) in [5, 5.41) is 12.8. The zero-order valence-corrected chi connectivity index (χ0v) is 15.2. The lowest BCUT2D eigenvalue weighted by Crippen LogP contribution is -2.38. The molecule has 2 N–H and O–H groups in total. The second-order valence-electron chi connectivity index (χ2n) is 7.26. The number of nitrogens with zero attached hydrogens (tertiary/aromatic N) is 1. The summed E-state index contributed by atoms with van der Waals surface area (Å²) in [7, 11) is 0. The highest BCUT2D eigenvalue weighted by Crippen LogP contribution is 2.29. The molecule has 1 saturated heterocycles. The fourth-order valence-corrected chi connectivity index (χ4v) is 3.83. The topological polar surface area (TPSA) is 78.9 Å². The van der Waals surface area contributed by atoms with E-state index < -0.39 is 18.4 Å².